The van der Waals surface area contributed by atoms with Crippen LogP contribution in [0.25, 0.3) is 22.5 Å². The Morgan fingerprint density at radius 3 is 2.81 bits per heavy atom. The van der Waals surface area contributed by atoms with E-state index >= 15 is 0 Å². The Hall–Kier alpha value is -2.36. The first-order chi connectivity index (χ1) is 7.86. The predicted octanol–water partition coefficient (Wildman–Crippen LogP) is 2.13. The molecule has 0 unspecified atom stereocenters. The number of nitrogens with zero attached hydrogens (tertiary/aromatic N) is 2. The topological polar surface area (TPSA) is 53.0 Å². The van der Waals surface area contributed by atoms with Crippen LogP contribution in [0, 0.1) is 5.21 Å². The van der Waals surface area contributed by atoms with Gasteiger partial charge < -0.3 is 9.62 Å². The number of hydrogen-bond acceptors (Lipinski definition) is 3. The highest BCUT2D eigenvalue weighted by atomic mass is 16.5. The van der Waals surface area contributed by atoms with Crippen LogP contribution >= 0.6 is 0 Å². The summed E-state index contributed by atoms with van der Waals surface area (Å²) in [5.41, 5.74) is 0.587. The zero-order valence-electron chi connectivity index (χ0n) is 8.33. The Morgan fingerprint density at radius 2 is 2.00 bits per heavy atom. The van der Waals surface area contributed by atoms with Crippen molar-refractivity contribution in [2.75, 3.05) is 0 Å². The van der Waals surface area contributed by atoms with Crippen molar-refractivity contribution >= 4 is 10.9 Å². The van der Waals surface area contributed by atoms with Gasteiger partial charge in [-0.15, -0.1) is 0 Å². The monoisotopic (exact) mass is 212 g/mol. The van der Waals surface area contributed by atoms with Crippen LogP contribution in [-0.2, 0) is 0 Å². The molecular formula is C12H8N2O2. The number of aromatic nitrogens is 2. The number of fused-ring (bicyclic) bond motifs is 1. The third kappa shape index (κ3) is 1.24. The molecule has 0 aliphatic carbocycles. The summed E-state index contributed by atoms with van der Waals surface area (Å²) in [5, 5.41) is 12.8. The molecule has 0 spiro atoms. The van der Waals surface area contributed by atoms with Gasteiger partial charge in [0, 0.05) is 0 Å². The molecule has 0 radical (unpaired) electrons. The van der Waals surface area contributed by atoms with Gasteiger partial charge >= 0.3 is 5.82 Å². The Labute approximate surface area is 91.4 Å². The van der Waals surface area contributed by atoms with E-state index in [2.05, 4.69) is 4.98 Å². The first-order valence-electron chi connectivity index (χ1n) is 4.87. The van der Waals surface area contributed by atoms with Gasteiger partial charge in [0.25, 0.3) is 0 Å². The molecule has 78 valence electrons. The van der Waals surface area contributed by atoms with Crippen molar-refractivity contribution in [2.24, 2.45) is 0 Å². The Bertz CT molecular complexity index is 633. The molecule has 3 rings (SSSR count). The van der Waals surface area contributed by atoms with Gasteiger partial charge in [0.05, 0.1) is 11.6 Å². The third-order valence-electron chi connectivity index (χ3n) is 2.42. The lowest BCUT2D eigenvalue weighted by Gasteiger charge is -2.06. The summed E-state index contributed by atoms with van der Waals surface area (Å²) >= 11 is 0. The maximum absolute atomic E-state index is 12.0. The molecule has 0 aliphatic rings. The van der Waals surface area contributed by atoms with Gasteiger partial charge in [0.1, 0.15) is 5.52 Å². The van der Waals surface area contributed by atoms with Gasteiger partial charge in [-0.25, -0.2) is 4.73 Å². The highest BCUT2D eigenvalue weighted by Gasteiger charge is 2.15. The van der Waals surface area contributed by atoms with Gasteiger partial charge in [0.15, 0.2) is 6.20 Å². The van der Waals surface area contributed by atoms with E-state index in [9.17, 15) is 5.21 Å². The molecular weight excluding hydrogens is 204 g/mol. The number of furan rings is 1. The van der Waals surface area contributed by atoms with E-state index in [1.807, 2.05) is 18.2 Å². The molecule has 2 aromatic heterocycles. The summed E-state index contributed by atoms with van der Waals surface area (Å²) in [6.07, 6.45) is 3.19. The van der Waals surface area contributed by atoms with E-state index in [1.165, 1.54) is 6.26 Å². The molecule has 0 amide bonds. The van der Waals surface area contributed by atoms with E-state index in [1.54, 1.807) is 24.4 Å². The molecule has 1 aromatic carbocycles. The fourth-order valence-electron chi connectivity index (χ4n) is 1.65. The number of benzene rings is 1. The number of rotatable bonds is 1. The summed E-state index contributed by atoms with van der Waals surface area (Å²) < 4.78 is 5.95. The lowest BCUT2D eigenvalue weighted by atomic mass is 10.2. The first kappa shape index (κ1) is 8.91. The third-order valence-corrected chi connectivity index (χ3v) is 2.42. The second kappa shape index (κ2) is 3.34. The summed E-state index contributed by atoms with van der Waals surface area (Å²) in [6.45, 7) is 0. The van der Waals surface area contributed by atoms with Crippen molar-refractivity contribution in [3.63, 3.8) is 0 Å². The molecule has 4 heteroatoms. The average molecular weight is 212 g/mol. The minimum absolute atomic E-state index is 0.281. The summed E-state index contributed by atoms with van der Waals surface area (Å²) in [6, 6.07) is 10.7. The molecule has 16 heavy (non-hydrogen) atoms. The minimum atomic E-state index is 0.281. The SMILES string of the molecule is [O-][n+]1c(-c2ccco2)ncc2ccccc21. The van der Waals surface area contributed by atoms with E-state index in [0.717, 1.165) is 10.1 Å². The van der Waals surface area contributed by atoms with Crippen LogP contribution in [0.3, 0.4) is 0 Å². The summed E-state index contributed by atoms with van der Waals surface area (Å²) in [7, 11) is 0. The van der Waals surface area contributed by atoms with Crippen LogP contribution in [0.2, 0.25) is 0 Å². The molecule has 2 heterocycles. The maximum atomic E-state index is 12.0. The molecule has 0 N–H and O–H groups in total. The van der Waals surface area contributed by atoms with Crippen molar-refractivity contribution in [3.8, 4) is 11.6 Å². The highest BCUT2D eigenvalue weighted by Crippen LogP contribution is 2.16. The van der Waals surface area contributed by atoms with Gasteiger partial charge in [-0.05, 0) is 29.2 Å². The fraction of sp³-hybridized carbons (Fsp3) is 0. The highest BCUT2D eigenvalue weighted by molar-refractivity contribution is 5.75. The largest absolute Gasteiger partial charge is 0.710 e. The van der Waals surface area contributed by atoms with E-state index < -0.39 is 0 Å². The Morgan fingerprint density at radius 1 is 1.12 bits per heavy atom. The van der Waals surface area contributed by atoms with Crippen LogP contribution in [0.5, 0.6) is 0 Å². The molecule has 4 nitrogen and oxygen atoms in total. The van der Waals surface area contributed by atoms with Crippen molar-refractivity contribution < 1.29 is 9.15 Å². The Kier molecular flexibility index (Phi) is 1.86. The lowest BCUT2D eigenvalue weighted by Crippen LogP contribution is -2.31. The second-order valence-corrected chi connectivity index (χ2v) is 3.41. The lowest BCUT2D eigenvalue weighted by molar-refractivity contribution is -0.568. The fourth-order valence-corrected chi connectivity index (χ4v) is 1.65. The van der Waals surface area contributed by atoms with Crippen LogP contribution < -0.4 is 4.73 Å². The molecule has 0 aliphatic heterocycles. The van der Waals surface area contributed by atoms with Crippen molar-refractivity contribution in [1.82, 2.24) is 4.98 Å². The molecule has 0 fully saturated rings. The molecule has 0 saturated heterocycles. The predicted molar refractivity (Wildman–Crippen MR) is 58.4 cm³/mol. The van der Waals surface area contributed by atoms with Crippen LogP contribution in [0.15, 0.2) is 53.3 Å². The van der Waals surface area contributed by atoms with Crippen molar-refractivity contribution in [2.45, 2.75) is 0 Å². The molecule has 0 saturated carbocycles. The summed E-state index contributed by atoms with van der Waals surface area (Å²) in [4.78, 5) is 4.11. The van der Waals surface area contributed by atoms with E-state index in [0.29, 0.717) is 11.3 Å². The van der Waals surface area contributed by atoms with E-state index in [-0.39, 0.29) is 5.82 Å². The normalized spacial score (nSPS) is 10.8. The number of hydrogen-bond donors (Lipinski definition) is 0. The van der Waals surface area contributed by atoms with Gasteiger partial charge in [0.2, 0.25) is 5.76 Å². The molecule has 3 aromatic rings. The number of para-hydroxylation sites is 1. The van der Waals surface area contributed by atoms with E-state index in [4.69, 9.17) is 4.42 Å². The first-order valence-corrected chi connectivity index (χ1v) is 4.87. The zero-order chi connectivity index (χ0) is 11.0. The minimum Gasteiger partial charge on any atom is -0.710 e. The quantitative estimate of drug-likeness (QED) is 0.458. The van der Waals surface area contributed by atoms with Gasteiger partial charge in [-0.3, -0.25) is 0 Å². The van der Waals surface area contributed by atoms with Gasteiger partial charge in [-0.1, -0.05) is 12.1 Å². The van der Waals surface area contributed by atoms with Crippen LogP contribution in [0.4, 0.5) is 0 Å². The zero-order valence-corrected chi connectivity index (χ0v) is 8.33. The van der Waals surface area contributed by atoms with Crippen molar-refractivity contribution in [1.29, 1.82) is 0 Å². The standard InChI is InChI=1S/C12H8N2O2/c15-14-10-5-2-1-4-9(10)8-13-12(14)11-6-3-7-16-11/h1-8H. The maximum Gasteiger partial charge on any atom is 0.369 e. The smallest absolute Gasteiger partial charge is 0.369 e. The molecule has 0 atom stereocenters. The van der Waals surface area contributed by atoms with Crippen molar-refractivity contribution in [3.05, 3.63) is 54.1 Å². The second-order valence-electron chi connectivity index (χ2n) is 3.41. The van der Waals surface area contributed by atoms with Crippen LogP contribution in [0.1, 0.15) is 0 Å². The summed E-state index contributed by atoms with van der Waals surface area (Å²) in [5.74, 6) is 0.754. The van der Waals surface area contributed by atoms with Crippen LogP contribution in [-0.4, -0.2) is 4.98 Å². The average Bonchev–Trinajstić information content (AvgIpc) is 2.83. The molecule has 0 bridgehead atoms. The van der Waals surface area contributed by atoms with Gasteiger partial charge in [-0.2, -0.15) is 0 Å². The Balaban J connectivity index is 2.32.